The van der Waals surface area contributed by atoms with Gasteiger partial charge in [0.1, 0.15) is 17.2 Å². The van der Waals surface area contributed by atoms with Crippen LogP contribution in [-0.2, 0) is 4.79 Å². The highest BCUT2D eigenvalue weighted by atomic mass is 79.9. The van der Waals surface area contributed by atoms with Crippen molar-refractivity contribution in [2.75, 3.05) is 0 Å². The highest BCUT2D eigenvalue weighted by molar-refractivity contribution is 9.10. The summed E-state index contributed by atoms with van der Waals surface area (Å²) < 4.78 is 6.24. The van der Waals surface area contributed by atoms with E-state index >= 15 is 0 Å². The Bertz CT molecular complexity index is 976. The average Bonchev–Trinajstić information content (AvgIpc) is 3.11. The summed E-state index contributed by atoms with van der Waals surface area (Å²) in [6.45, 7) is 0. The highest BCUT2D eigenvalue weighted by Crippen LogP contribution is 2.23. The van der Waals surface area contributed by atoms with Crippen LogP contribution in [0.4, 0.5) is 0 Å². The zero-order valence-electron chi connectivity index (χ0n) is 13.5. The van der Waals surface area contributed by atoms with Crippen molar-refractivity contribution >= 4 is 33.9 Å². The van der Waals surface area contributed by atoms with Crippen LogP contribution in [0.5, 0.6) is 0 Å². The van der Waals surface area contributed by atoms with Crippen LogP contribution >= 0.6 is 15.9 Å². The van der Waals surface area contributed by atoms with Gasteiger partial charge in [-0.05, 0) is 40.2 Å². The van der Waals surface area contributed by atoms with Gasteiger partial charge in [-0.3, -0.25) is 4.79 Å². The first-order valence-electron chi connectivity index (χ1n) is 7.71. The smallest absolute Gasteiger partial charge is 0.352 e. The fourth-order valence-corrected chi connectivity index (χ4v) is 2.78. The number of rotatable bonds is 5. The average molecular weight is 412 g/mol. The third-order valence-corrected chi connectivity index (χ3v) is 4.26. The van der Waals surface area contributed by atoms with Gasteiger partial charge in [0, 0.05) is 16.1 Å². The minimum absolute atomic E-state index is 0.278. The molecular formula is C20H14BrNO4. The van der Waals surface area contributed by atoms with Crippen LogP contribution in [0.1, 0.15) is 16.1 Å². The standard InChI is InChI=1S/C20H14BrNO4/c21-16-9-5-4-8-15(16)19(23)22-17(20(24)25)12-14-10-11-18(26-14)13-6-2-1-3-7-13/h1-12H,(H,22,23)(H,24,25)/b17-12+. The van der Waals surface area contributed by atoms with Gasteiger partial charge in [-0.2, -0.15) is 0 Å². The van der Waals surface area contributed by atoms with E-state index in [0.717, 1.165) is 5.56 Å². The van der Waals surface area contributed by atoms with Crippen molar-refractivity contribution in [1.82, 2.24) is 5.32 Å². The predicted molar refractivity (Wildman–Crippen MR) is 101 cm³/mol. The van der Waals surface area contributed by atoms with Crippen molar-refractivity contribution in [1.29, 1.82) is 0 Å². The van der Waals surface area contributed by atoms with Gasteiger partial charge in [0.15, 0.2) is 0 Å². The molecule has 0 saturated carbocycles. The number of halogens is 1. The lowest BCUT2D eigenvalue weighted by atomic mass is 10.2. The van der Waals surface area contributed by atoms with Crippen LogP contribution in [0.2, 0.25) is 0 Å². The summed E-state index contributed by atoms with van der Waals surface area (Å²) >= 11 is 3.27. The van der Waals surface area contributed by atoms with Gasteiger partial charge in [-0.15, -0.1) is 0 Å². The van der Waals surface area contributed by atoms with Crippen molar-refractivity contribution in [2.45, 2.75) is 0 Å². The molecule has 0 aliphatic carbocycles. The molecule has 3 rings (SSSR count). The van der Waals surface area contributed by atoms with E-state index in [-0.39, 0.29) is 5.70 Å². The van der Waals surface area contributed by atoms with Crippen LogP contribution in [-0.4, -0.2) is 17.0 Å². The maximum absolute atomic E-state index is 12.3. The van der Waals surface area contributed by atoms with E-state index in [1.807, 2.05) is 30.3 Å². The van der Waals surface area contributed by atoms with Gasteiger partial charge >= 0.3 is 5.97 Å². The maximum atomic E-state index is 12.3. The molecule has 0 aliphatic heterocycles. The first-order chi connectivity index (χ1) is 12.5. The third-order valence-electron chi connectivity index (χ3n) is 3.57. The van der Waals surface area contributed by atoms with Crippen LogP contribution in [0.15, 0.2) is 81.3 Å². The van der Waals surface area contributed by atoms with E-state index in [0.29, 0.717) is 21.6 Å². The Balaban J connectivity index is 1.84. The lowest BCUT2D eigenvalue weighted by Gasteiger charge is -2.07. The molecule has 130 valence electrons. The second-order valence-corrected chi connectivity index (χ2v) is 6.22. The number of benzene rings is 2. The van der Waals surface area contributed by atoms with Gasteiger partial charge in [-0.25, -0.2) is 4.79 Å². The summed E-state index contributed by atoms with van der Waals surface area (Å²) in [5.74, 6) is -0.851. The summed E-state index contributed by atoms with van der Waals surface area (Å²) in [6.07, 6.45) is 1.28. The van der Waals surface area contributed by atoms with Crippen molar-refractivity contribution in [3.8, 4) is 11.3 Å². The number of nitrogens with one attached hydrogen (secondary N) is 1. The Morgan fingerprint density at radius 1 is 0.962 bits per heavy atom. The fourth-order valence-electron chi connectivity index (χ4n) is 2.32. The van der Waals surface area contributed by atoms with Crippen molar-refractivity contribution in [3.05, 3.63) is 88.2 Å². The molecule has 0 unspecified atom stereocenters. The van der Waals surface area contributed by atoms with Crippen molar-refractivity contribution in [2.24, 2.45) is 0 Å². The third kappa shape index (κ3) is 4.10. The molecule has 1 heterocycles. The van der Waals surface area contributed by atoms with Crippen LogP contribution in [0, 0.1) is 0 Å². The second-order valence-electron chi connectivity index (χ2n) is 5.37. The lowest BCUT2D eigenvalue weighted by molar-refractivity contribution is -0.132. The Kier molecular flexibility index (Phi) is 5.34. The van der Waals surface area contributed by atoms with Crippen LogP contribution in [0.25, 0.3) is 17.4 Å². The van der Waals surface area contributed by atoms with Crippen molar-refractivity contribution < 1.29 is 19.1 Å². The van der Waals surface area contributed by atoms with Gasteiger partial charge in [0.05, 0.1) is 5.56 Å². The normalized spacial score (nSPS) is 11.2. The largest absolute Gasteiger partial charge is 0.477 e. The quantitative estimate of drug-likeness (QED) is 0.602. The van der Waals surface area contributed by atoms with E-state index in [4.69, 9.17) is 4.42 Å². The number of aliphatic carboxylic acids is 1. The van der Waals surface area contributed by atoms with E-state index in [9.17, 15) is 14.7 Å². The van der Waals surface area contributed by atoms with Gasteiger partial charge < -0.3 is 14.8 Å². The molecule has 0 fully saturated rings. The monoisotopic (exact) mass is 411 g/mol. The molecule has 0 spiro atoms. The molecule has 0 saturated heterocycles. The number of carbonyl (C=O) groups excluding carboxylic acids is 1. The van der Waals surface area contributed by atoms with E-state index in [1.165, 1.54) is 6.08 Å². The molecule has 1 amide bonds. The number of carboxylic acids is 1. The van der Waals surface area contributed by atoms with Gasteiger partial charge in [-0.1, -0.05) is 42.5 Å². The SMILES string of the molecule is O=C(O)/C(=C\c1ccc(-c2ccccc2)o1)NC(=O)c1ccccc1Br. The number of amides is 1. The second kappa shape index (κ2) is 7.84. The Morgan fingerprint density at radius 3 is 2.35 bits per heavy atom. The first kappa shape index (κ1) is 17.7. The zero-order chi connectivity index (χ0) is 18.5. The predicted octanol–water partition coefficient (Wildman–Crippen LogP) is 4.56. The minimum atomic E-state index is -1.26. The topological polar surface area (TPSA) is 79.5 Å². The minimum Gasteiger partial charge on any atom is -0.477 e. The molecule has 3 aromatic rings. The number of hydrogen-bond donors (Lipinski definition) is 2. The molecule has 5 nitrogen and oxygen atoms in total. The van der Waals surface area contributed by atoms with E-state index in [2.05, 4.69) is 21.2 Å². The molecule has 0 bridgehead atoms. The Morgan fingerprint density at radius 2 is 1.65 bits per heavy atom. The van der Waals surface area contributed by atoms with Crippen LogP contribution < -0.4 is 5.32 Å². The van der Waals surface area contributed by atoms with E-state index in [1.54, 1.807) is 36.4 Å². The molecule has 26 heavy (non-hydrogen) atoms. The molecule has 0 atom stereocenters. The van der Waals surface area contributed by atoms with Gasteiger partial charge in [0.2, 0.25) is 0 Å². The maximum Gasteiger partial charge on any atom is 0.352 e. The summed E-state index contributed by atoms with van der Waals surface area (Å²) in [7, 11) is 0. The molecule has 2 aromatic carbocycles. The number of carboxylic acid groups (broad SMARTS) is 1. The summed E-state index contributed by atoms with van der Waals surface area (Å²) in [6, 6.07) is 19.6. The van der Waals surface area contributed by atoms with Crippen molar-refractivity contribution in [3.63, 3.8) is 0 Å². The zero-order valence-corrected chi connectivity index (χ0v) is 15.1. The first-order valence-corrected chi connectivity index (χ1v) is 8.50. The number of carbonyl (C=O) groups is 2. The fraction of sp³-hybridized carbons (Fsp3) is 0. The van der Waals surface area contributed by atoms with Gasteiger partial charge in [0.25, 0.3) is 5.91 Å². The molecular weight excluding hydrogens is 398 g/mol. The molecule has 2 N–H and O–H groups in total. The summed E-state index contributed by atoms with van der Waals surface area (Å²) in [5.41, 5.74) is 0.935. The Hall–Kier alpha value is -3.12. The van der Waals surface area contributed by atoms with E-state index < -0.39 is 11.9 Å². The van der Waals surface area contributed by atoms with Crippen LogP contribution in [0.3, 0.4) is 0 Å². The summed E-state index contributed by atoms with van der Waals surface area (Å²) in [4.78, 5) is 23.8. The summed E-state index contributed by atoms with van der Waals surface area (Å²) in [5, 5.41) is 11.8. The molecule has 6 heteroatoms. The molecule has 1 aromatic heterocycles. The number of furan rings is 1. The highest BCUT2D eigenvalue weighted by Gasteiger charge is 2.16. The number of hydrogen-bond acceptors (Lipinski definition) is 3. The Labute approximate surface area is 158 Å². The molecule has 0 aliphatic rings. The molecule has 0 radical (unpaired) electrons. The lowest BCUT2D eigenvalue weighted by Crippen LogP contribution is -2.27.